The number of rotatable bonds is 13. The van der Waals surface area contributed by atoms with E-state index in [9.17, 15) is 23.1 Å². The van der Waals surface area contributed by atoms with E-state index in [4.69, 9.17) is 9.15 Å². The van der Waals surface area contributed by atoms with Crippen molar-refractivity contribution in [1.29, 1.82) is 0 Å². The van der Waals surface area contributed by atoms with E-state index >= 15 is 0 Å². The van der Waals surface area contributed by atoms with Gasteiger partial charge in [0.2, 0.25) is 15.9 Å². The van der Waals surface area contributed by atoms with E-state index in [1.807, 2.05) is 13.8 Å². The van der Waals surface area contributed by atoms with E-state index < -0.39 is 22.0 Å². The van der Waals surface area contributed by atoms with Crippen LogP contribution in [-0.2, 0) is 16.6 Å². The van der Waals surface area contributed by atoms with E-state index in [-0.39, 0.29) is 48.5 Å². The lowest BCUT2D eigenvalue weighted by Gasteiger charge is -2.26. The lowest BCUT2D eigenvalue weighted by Crippen LogP contribution is -2.44. The number of methoxy groups -OCH3 is 1. The highest BCUT2D eigenvalue weighted by Gasteiger charge is 2.28. The second kappa shape index (κ2) is 13.6. The van der Waals surface area contributed by atoms with Crippen molar-refractivity contribution in [3.05, 3.63) is 77.5 Å². The fourth-order valence-electron chi connectivity index (χ4n) is 3.95. The molecule has 1 aromatic heterocycles. The second-order valence-electron chi connectivity index (χ2n) is 9.88. The van der Waals surface area contributed by atoms with Gasteiger partial charge in [0.05, 0.1) is 30.3 Å². The zero-order valence-corrected chi connectivity index (χ0v) is 24.1. The van der Waals surface area contributed by atoms with Gasteiger partial charge in [-0.2, -0.15) is 4.31 Å². The molecule has 12 heteroatoms. The molecule has 0 saturated heterocycles. The summed E-state index contributed by atoms with van der Waals surface area (Å²) < 4.78 is 38.2. The summed E-state index contributed by atoms with van der Waals surface area (Å²) in [5, 5.41) is 13.3. The van der Waals surface area contributed by atoms with Gasteiger partial charge in [-0.25, -0.2) is 13.4 Å². The highest BCUT2D eigenvalue weighted by atomic mass is 32.2. The van der Waals surface area contributed by atoms with Crippen LogP contribution in [-0.4, -0.2) is 79.4 Å². The van der Waals surface area contributed by atoms with Gasteiger partial charge in [-0.15, -0.1) is 0 Å². The molecule has 0 aliphatic rings. The summed E-state index contributed by atoms with van der Waals surface area (Å²) in [4.78, 5) is 31.4. The van der Waals surface area contributed by atoms with Gasteiger partial charge in [0.1, 0.15) is 12.0 Å². The average Bonchev–Trinajstić information content (AvgIpc) is 3.34. The molecule has 0 spiro atoms. The second-order valence-corrected chi connectivity index (χ2v) is 11.8. The Labute approximate surface area is 234 Å². The number of oxazole rings is 1. The Hall–Kier alpha value is -3.74. The largest absolute Gasteiger partial charge is 0.497 e. The number of aromatic nitrogens is 1. The number of hydrogen-bond donors (Lipinski definition) is 2. The number of benzene rings is 2. The zero-order chi connectivity index (χ0) is 29.4. The van der Waals surface area contributed by atoms with Crippen molar-refractivity contribution < 1.29 is 32.3 Å². The molecule has 0 unspecified atom stereocenters. The highest BCUT2D eigenvalue weighted by molar-refractivity contribution is 7.89. The minimum Gasteiger partial charge on any atom is -0.497 e. The number of aliphatic hydroxyl groups excluding tert-OH is 1. The minimum atomic E-state index is -3.90. The first kappa shape index (κ1) is 30.8. The molecule has 0 bridgehead atoms. The van der Waals surface area contributed by atoms with Gasteiger partial charge in [0.15, 0.2) is 0 Å². The monoisotopic (exact) mass is 572 g/mol. The lowest BCUT2D eigenvalue weighted by atomic mass is 10.1. The molecule has 11 nitrogen and oxygen atoms in total. The van der Waals surface area contributed by atoms with Gasteiger partial charge >= 0.3 is 0 Å². The normalized spacial score (nSPS) is 12.4. The summed E-state index contributed by atoms with van der Waals surface area (Å²) >= 11 is 0. The van der Waals surface area contributed by atoms with Crippen LogP contribution in [0.15, 0.2) is 64.1 Å². The number of carbonyl (C=O) groups is 2. The smallest absolute Gasteiger partial charge is 0.254 e. The van der Waals surface area contributed by atoms with Crippen molar-refractivity contribution in [2.75, 3.05) is 33.8 Å². The Morgan fingerprint density at radius 3 is 2.38 bits per heavy atom. The molecule has 2 aromatic carbocycles. The third kappa shape index (κ3) is 8.13. The molecule has 3 rings (SSSR count). The first-order valence-electron chi connectivity index (χ1n) is 12.8. The quantitative estimate of drug-likeness (QED) is 0.318. The first-order chi connectivity index (χ1) is 18.9. The number of carbonyl (C=O) groups excluding carboxylic acids is 2. The van der Waals surface area contributed by atoms with E-state index in [0.29, 0.717) is 22.9 Å². The van der Waals surface area contributed by atoms with Crippen LogP contribution < -0.4 is 10.1 Å². The van der Waals surface area contributed by atoms with Gasteiger partial charge in [-0.1, -0.05) is 19.9 Å². The molecule has 1 atom stereocenters. The molecule has 3 aromatic rings. The predicted molar refractivity (Wildman–Crippen MR) is 148 cm³/mol. The Bertz CT molecular complexity index is 1400. The Balaban J connectivity index is 1.63. The van der Waals surface area contributed by atoms with Gasteiger partial charge < -0.3 is 24.5 Å². The SMILES string of the molecule is COc1ccc(S(=O)(=O)N(CC(C)C)C[C@@H](O)CNC(=O)c2cccc(C(=O)N(C)Cc3nc(C)co3)c2)cc1. The summed E-state index contributed by atoms with van der Waals surface area (Å²) in [6, 6.07) is 12.2. The number of hydrogen-bond acceptors (Lipinski definition) is 8. The van der Waals surface area contributed by atoms with Crippen molar-refractivity contribution in [2.24, 2.45) is 5.92 Å². The summed E-state index contributed by atoms with van der Waals surface area (Å²) in [7, 11) is -0.802. The van der Waals surface area contributed by atoms with Crippen LogP contribution in [0.3, 0.4) is 0 Å². The number of nitrogens with one attached hydrogen (secondary N) is 1. The highest BCUT2D eigenvalue weighted by Crippen LogP contribution is 2.21. The minimum absolute atomic E-state index is 0.000752. The first-order valence-corrected chi connectivity index (χ1v) is 14.2. The van der Waals surface area contributed by atoms with Crippen molar-refractivity contribution in [3.63, 3.8) is 0 Å². The van der Waals surface area contributed by atoms with Crippen LogP contribution in [0.2, 0.25) is 0 Å². The number of ether oxygens (including phenoxy) is 1. The topological polar surface area (TPSA) is 142 Å². The van der Waals surface area contributed by atoms with Crippen LogP contribution in [0.4, 0.5) is 0 Å². The van der Waals surface area contributed by atoms with Crippen molar-refractivity contribution in [3.8, 4) is 5.75 Å². The fourth-order valence-corrected chi connectivity index (χ4v) is 5.59. The molecule has 40 heavy (non-hydrogen) atoms. The van der Waals surface area contributed by atoms with Crippen molar-refractivity contribution in [2.45, 2.75) is 38.3 Å². The number of aliphatic hydroxyl groups is 1. The van der Waals surface area contributed by atoms with E-state index in [1.165, 1.54) is 40.8 Å². The van der Waals surface area contributed by atoms with Crippen LogP contribution in [0.25, 0.3) is 0 Å². The summed E-state index contributed by atoms with van der Waals surface area (Å²) in [6.07, 6.45) is 0.333. The third-order valence-electron chi connectivity index (χ3n) is 5.94. The van der Waals surface area contributed by atoms with Crippen LogP contribution in [0, 0.1) is 12.8 Å². The lowest BCUT2D eigenvalue weighted by molar-refractivity contribution is 0.0772. The third-order valence-corrected chi connectivity index (χ3v) is 7.78. The van der Waals surface area contributed by atoms with Crippen LogP contribution in [0.5, 0.6) is 5.75 Å². The zero-order valence-electron chi connectivity index (χ0n) is 23.3. The van der Waals surface area contributed by atoms with Crippen molar-refractivity contribution in [1.82, 2.24) is 19.5 Å². The molecule has 0 fully saturated rings. The molecule has 0 saturated carbocycles. The maximum atomic E-state index is 13.3. The van der Waals surface area contributed by atoms with Gasteiger partial charge in [-0.3, -0.25) is 9.59 Å². The van der Waals surface area contributed by atoms with Crippen LogP contribution in [0.1, 0.15) is 46.1 Å². The Morgan fingerprint density at radius 1 is 1.10 bits per heavy atom. The van der Waals surface area contributed by atoms with E-state index in [0.717, 1.165) is 0 Å². The molecule has 0 aliphatic heterocycles. The molecular weight excluding hydrogens is 536 g/mol. The summed E-state index contributed by atoms with van der Waals surface area (Å²) in [5.74, 6) is 0.100. The van der Waals surface area contributed by atoms with Gasteiger partial charge in [0.25, 0.3) is 11.8 Å². The van der Waals surface area contributed by atoms with Gasteiger partial charge in [0, 0.05) is 37.8 Å². The van der Waals surface area contributed by atoms with E-state index in [1.54, 1.807) is 44.3 Å². The van der Waals surface area contributed by atoms with Crippen molar-refractivity contribution >= 4 is 21.8 Å². The van der Waals surface area contributed by atoms with Crippen LogP contribution >= 0.6 is 0 Å². The fraction of sp³-hybridized carbons (Fsp3) is 0.393. The number of sulfonamides is 1. The maximum absolute atomic E-state index is 13.3. The average molecular weight is 573 g/mol. The Morgan fingerprint density at radius 2 is 1.77 bits per heavy atom. The Kier molecular flexibility index (Phi) is 10.4. The molecule has 2 amide bonds. The molecule has 0 radical (unpaired) electrons. The van der Waals surface area contributed by atoms with E-state index in [2.05, 4.69) is 10.3 Å². The van der Waals surface area contributed by atoms with Gasteiger partial charge in [-0.05, 0) is 55.3 Å². The molecular formula is C28H36N4O7S. The molecule has 1 heterocycles. The summed E-state index contributed by atoms with van der Waals surface area (Å²) in [5.41, 5.74) is 1.23. The molecule has 216 valence electrons. The number of amides is 2. The molecule has 0 aliphatic carbocycles. The summed E-state index contributed by atoms with van der Waals surface area (Å²) in [6.45, 7) is 5.50. The standard InChI is InChI=1S/C28H36N4O7S/c1-19(2)15-32(40(36,37)25-11-9-24(38-5)10-12-25)16-23(33)14-29-27(34)21-7-6-8-22(13-21)28(35)31(4)17-26-30-20(3)18-39-26/h6-13,18-19,23,33H,14-17H2,1-5H3,(H,29,34)/t23-/m0/s1. The number of nitrogens with zero attached hydrogens (tertiary/aromatic N) is 3. The number of aryl methyl sites for hydroxylation is 1. The molecule has 2 N–H and O–H groups in total. The predicted octanol–water partition coefficient (Wildman–Crippen LogP) is 2.70. The maximum Gasteiger partial charge on any atom is 0.254 e.